The van der Waals surface area contributed by atoms with Crippen molar-refractivity contribution in [2.45, 2.75) is 25.8 Å². The number of hydrogen-bond acceptors (Lipinski definition) is 5. The van der Waals surface area contributed by atoms with Gasteiger partial charge in [-0.25, -0.2) is 0 Å². The molecule has 28 heavy (non-hydrogen) atoms. The quantitative estimate of drug-likeness (QED) is 0.429. The molecule has 2 aromatic rings. The van der Waals surface area contributed by atoms with Gasteiger partial charge < -0.3 is 5.32 Å². The topological polar surface area (TPSA) is 75.5 Å². The van der Waals surface area contributed by atoms with Gasteiger partial charge in [-0.1, -0.05) is 25.1 Å². The van der Waals surface area contributed by atoms with Crippen molar-refractivity contribution >= 4 is 29.0 Å². The third-order valence-electron chi connectivity index (χ3n) is 5.11. The molecule has 1 fully saturated rings. The largest absolute Gasteiger partial charge is 0.351 e. The van der Waals surface area contributed by atoms with Crippen LogP contribution in [-0.4, -0.2) is 35.4 Å². The highest BCUT2D eigenvalue weighted by Crippen LogP contribution is 2.29. The van der Waals surface area contributed by atoms with Crippen molar-refractivity contribution in [1.82, 2.24) is 10.2 Å². The van der Waals surface area contributed by atoms with Crippen LogP contribution in [0.5, 0.6) is 0 Å². The number of thiophene rings is 1. The van der Waals surface area contributed by atoms with Gasteiger partial charge in [0.05, 0.1) is 11.0 Å². The molecular weight excluding hydrogens is 374 g/mol. The number of nitro benzene ring substituents is 1. The first-order valence-electron chi connectivity index (χ1n) is 9.51. The van der Waals surface area contributed by atoms with E-state index in [0.717, 1.165) is 19.0 Å². The SMILES string of the molecule is CC1CCN(C(CNC(=O)/C=C/c2cccc([N+](=O)[O-])c2)c2cccs2)CC1. The Hall–Kier alpha value is -2.51. The lowest BCUT2D eigenvalue weighted by Crippen LogP contribution is -2.41. The summed E-state index contributed by atoms with van der Waals surface area (Å²) < 4.78 is 0. The van der Waals surface area contributed by atoms with E-state index in [2.05, 4.69) is 28.6 Å². The van der Waals surface area contributed by atoms with Crippen molar-refractivity contribution in [3.8, 4) is 0 Å². The third-order valence-corrected chi connectivity index (χ3v) is 6.08. The number of carbonyl (C=O) groups is 1. The fraction of sp³-hybridized carbons (Fsp3) is 0.381. The Labute approximate surface area is 169 Å². The number of nitro groups is 1. The zero-order valence-corrected chi connectivity index (χ0v) is 16.7. The van der Waals surface area contributed by atoms with E-state index < -0.39 is 4.92 Å². The van der Waals surface area contributed by atoms with Crippen LogP contribution in [0.3, 0.4) is 0 Å². The summed E-state index contributed by atoms with van der Waals surface area (Å²) in [7, 11) is 0. The van der Waals surface area contributed by atoms with Gasteiger partial charge in [-0.3, -0.25) is 19.8 Å². The second-order valence-corrected chi connectivity index (χ2v) is 8.16. The first-order valence-corrected chi connectivity index (χ1v) is 10.4. The highest BCUT2D eigenvalue weighted by molar-refractivity contribution is 7.10. The summed E-state index contributed by atoms with van der Waals surface area (Å²) in [6, 6.07) is 10.6. The summed E-state index contributed by atoms with van der Waals surface area (Å²) in [6.45, 7) is 4.93. The maximum Gasteiger partial charge on any atom is 0.270 e. The van der Waals surface area contributed by atoms with Gasteiger partial charge in [-0.05, 0) is 54.9 Å². The van der Waals surface area contributed by atoms with Crippen molar-refractivity contribution < 1.29 is 9.72 Å². The number of likely N-dealkylation sites (tertiary alicyclic amines) is 1. The number of non-ortho nitro benzene ring substituents is 1. The van der Waals surface area contributed by atoms with Gasteiger partial charge >= 0.3 is 0 Å². The Balaban J connectivity index is 1.60. The van der Waals surface area contributed by atoms with Gasteiger partial charge in [0.1, 0.15) is 0 Å². The molecule has 1 atom stereocenters. The molecule has 1 saturated heterocycles. The van der Waals surface area contributed by atoms with E-state index in [1.54, 1.807) is 29.5 Å². The molecule has 0 spiro atoms. The number of carbonyl (C=O) groups excluding carboxylic acids is 1. The number of hydrogen-bond donors (Lipinski definition) is 1. The first kappa shape index (κ1) is 20.2. The Morgan fingerprint density at radius 2 is 2.14 bits per heavy atom. The van der Waals surface area contributed by atoms with E-state index in [9.17, 15) is 14.9 Å². The molecule has 0 saturated carbocycles. The molecule has 1 amide bonds. The second kappa shape index (κ2) is 9.61. The van der Waals surface area contributed by atoms with Crippen molar-refractivity contribution in [3.63, 3.8) is 0 Å². The number of benzene rings is 1. The molecule has 3 rings (SSSR count). The molecule has 0 aliphatic carbocycles. The van der Waals surface area contributed by atoms with Gasteiger partial charge in [0, 0.05) is 29.6 Å². The Bertz CT molecular complexity index is 827. The predicted molar refractivity (Wildman–Crippen MR) is 112 cm³/mol. The summed E-state index contributed by atoms with van der Waals surface area (Å²) in [5.74, 6) is 0.561. The average Bonchev–Trinajstić information content (AvgIpc) is 3.22. The molecule has 1 aromatic heterocycles. The number of nitrogens with zero attached hydrogens (tertiary/aromatic N) is 2. The molecule has 1 aromatic carbocycles. The van der Waals surface area contributed by atoms with Crippen LogP contribution in [0.25, 0.3) is 6.08 Å². The Morgan fingerprint density at radius 1 is 1.36 bits per heavy atom. The van der Waals surface area contributed by atoms with Crippen LogP contribution in [0, 0.1) is 16.0 Å². The zero-order chi connectivity index (χ0) is 19.9. The summed E-state index contributed by atoms with van der Waals surface area (Å²) in [5, 5.41) is 15.9. The molecule has 1 unspecified atom stereocenters. The first-order chi connectivity index (χ1) is 13.5. The lowest BCUT2D eigenvalue weighted by molar-refractivity contribution is -0.384. The maximum atomic E-state index is 12.3. The van der Waals surface area contributed by atoms with Gasteiger partial charge in [0.25, 0.3) is 5.69 Å². The van der Waals surface area contributed by atoms with Crippen molar-refractivity contribution in [1.29, 1.82) is 0 Å². The molecule has 1 aliphatic rings. The van der Waals surface area contributed by atoms with Gasteiger partial charge in [0.2, 0.25) is 5.91 Å². The van der Waals surface area contributed by atoms with E-state index in [4.69, 9.17) is 0 Å². The predicted octanol–water partition coefficient (Wildman–Crippen LogP) is 4.26. The van der Waals surface area contributed by atoms with Crippen LogP contribution >= 0.6 is 11.3 Å². The van der Waals surface area contributed by atoms with Crippen LogP contribution in [0.4, 0.5) is 5.69 Å². The van der Waals surface area contributed by atoms with Crippen LogP contribution in [0.15, 0.2) is 47.9 Å². The maximum absolute atomic E-state index is 12.3. The number of amides is 1. The molecule has 6 nitrogen and oxygen atoms in total. The minimum absolute atomic E-state index is 0.0136. The number of nitrogens with one attached hydrogen (secondary N) is 1. The van der Waals surface area contributed by atoms with E-state index in [1.807, 2.05) is 6.07 Å². The number of piperidine rings is 1. The van der Waals surface area contributed by atoms with Gasteiger partial charge in [-0.2, -0.15) is 0 Å². The summed E-state index contributed by atoms with van der Waals surface area (Å²) in [6.07, 6.45) is 5.40. The normalized spacial score (nSPS) is 16.9. The van der Waals surface area contributed by atoms with Crippen molar-refractivity contribution in [2.24, 2.45) is 5.92 Å². The van der Waals surface area contributed by atoms with Crippen LogP contribution in [0.2, 0.25) is 0 Å². The van der Waals surface area contributed by atoms with Gasteiger partial charge in [-0.15, -0.1) is 11.3 Å². The summed E-state index contributed by atoms with van der Waals surface area (Å²) in [5.41, 5.74) is 0.642. The lowest BCUT2D eigenvalue weighted by Gasteiger charge is -2.36. The molecule has 2 heterocycles. The van der Waals surface area contributed by atoms with Crippen LogP contribution < -0.4 is 5.32 Å². The molecule has 0 bridgehead atoms. The third kappa shape index (κ3) is 5.50. The minimum Gasteiger partial charge on any atom is -0.351 e. The standard InChI is InChI=1S/C21H25N3O3S/c1-16-9-11-23(12-10-16)19(20-6-3-13-28-20)15-22-21(25)8-7-17-4-2-5-18(14-17)24(26)27/h2-8,13-14,16,19H,9-12,15H2,1H3,(H,22,25)/b8-7+. The minimum atomic E-state index is -0.442. The van der Waals surface area contributed by atoms with E-state index in [-0.39, 0.29) is 17.6 Å². The van der Waals surface area contributed by atoms with Gasteiger partial charge in [0.15, 0.2) is 0 Å². The van der Waals surface area contributed by atoms with E-state index in [0.29, 0.717) is 12.1 Å². The fourth-order valence-corrected chi connectivity index (χ4v) is 4.26. The second-order valence-electron chi connectivity index (χ2n) is 7.18. The monoisotopic (exact) mass is 399 g/mol. The fourth-order valence-electron chi connectivity index (χ4n) is 3.40. The Kier molecular flexibility index (Phi) is 6.95. The molecule has 1 N–H and O–H groups in total. The molecule has 0 radical (unpaired) electrons. The summed E-state index contributed by atoms with van der Waals surface area (Å²) in [4.78, 5) is 26.4. The Morgan fingerprint density at radius 3 is 2.82 bits per heavy atom. The zero-order valence-electron chi connectivity index (χ0n) is 15.9. The smallest absolute Gasteiger partial charge is 0.270 e. The average molecular weight is 400 g/mol. The van der Waals surface area contributed by atoms with E-state index in [1.165, 1.54) is 35.9 Å². The lowest BCUT2D eigenvalue weighted by atomic mass is 9.97. The summed E-state index contributed by atoms with van der Waals surface area (Å²) >= 11 is 1.72. The highest BCUT2D eigenvalue weighted by Gasteiger charge is 2.25. The van der Waals surface area contributed by atoms with Crippen molar-refractivity contribution in [2.75, 3.05) is 19.6 Å². The van der Waals surface area contributed by atoms with Crippen LogP contribution in [-0.2, 0) is 4.79 Å². The van der Waals surface area contributed by atoms with Crippen molar-refractivity contribution in [3.05, 3.63) is 68.4 Å². The molecule has 1 aliphatic heterocycles. The number of rotatable bonds is 7. The molecule has 7 heteroatoms. The highest BCUT2D eigenvalue weighted by atomic mass is 32.1. The molecule has 148 valence electrons. The van der Waals surface area contributed by atoms with Crippen LogP contribution in [0.1, 0.15) is 36.2 Å². The molecular formula is C21H25N3O3S. The van der Waals surface area contributed by atoms with E-state index >= 15 is 0 Å².